The second-order valence-electron chi connectivity index (χ2n) is 4.31. The normalized spacial score (nSPS) is 11.4. The zero-order chi connectivity index (χ0) is 15.2. The third kappa shape index (κ3) is 3.96. The van der Waals surface area contributed by atoms with Gasteiger partial charge in [0.05, 0.1) is 6.61 Å². The minimum atomic E-state index is 0.0375. The topological polar surface area (TPSA) is 77.1 Å². The van der Waals surface area contributed by atoms with E-state index in [0.29, 0.717) is 28.1 Å². The van der Waals surface area contributed by atoms with Crippen LogP contribution in [0.2, 0.25) is 0 Å². The number of amidine groups is 1. The van der Waals surface area contributed by atoms with E-state index in [1.54, 1.807) is 25.3 Å². The number of hydrogen-bond acceptors (Lipinski definition) is 4. The largest absolute Gasteiger partial charge is 0.457 e. The van der Waals surface area contributed by atoms with Crippen LogP contribution in [0.25, 0.3) is 0 Å². The van der Waals surface area contributed by atoms with Crippen molar-refractivity contribution in [2.75, 3.05) is 7.11 Å². The van der Waals surface area contributed by atoms with Crippen molar-refractivity contribution in [3.8, 4) is 11.5 Å². The van der Waals surface area contributed by atoms with Crippen molar-refractivity contribution in [3.63, 3.8) is 0 Å². The van der Waals surface area contributed by atoms with Crippen LogP contribution in [0.5, 0.6) is 11.5 Å². The lowest BCUT2D eigenvalue weighted by Crippen LogP contribution is -2.13. The van der Waals surface area contributed by atoms with Crippen molar-refractivity contribution in [1.29, 1.82) is 0 Å². The maximum Gasteiger partial charge on any atom is 0.171 e. The number of methoxy groups -OCH3 is 1. The molecule has 3 N–H and O–H groups in total. The molecule has 5 nitrogen and oxygen atoms in total. The van der Waals surface area contributed by atoms with Crippen LogP contribution in [0.15, 0.2) is 52.1 Å². The zero-order valence-electron chi connectivity index (χ0n) is 11.4. The fourth-order valence-electron chi connectivity index (χ4n) is 1.82. The van der Waals surface area contributed by atoms with E-state index in [4.69, 9.17) is 20.4 Å². The summed E-state index contributed by atoms with van der Waals surface area (Å²) >= 11 is 3.37. The van der Waals surface area contributed by atoms with E-state index >= 15 is 0 Å². The summed E-state index contributed by atoms with van der Waals surface area (Å²) in [5.41, 5.74) is 7.19. The van der Waals surface area contributed by atoms with Crippen molar-refractivity contribution < 1.29 is 14.7 Å². The molecule has 0 heterocycles. The van der Waals surface area contributed by atoms with Gasteiger partial charge in [0, 0.05) is 17.1 Å². The Labute approximate surface area is 131 Å². The molecule has 2 aromatic carbocycles. The molecule has 0 spiro atoms. The minimum absolute atomic E-state index is 0.0375. The van der Waals surface area contributed by atoms with Gasteiger partial charge >= 0.3 is 0 Å². The van der Waals surface area contributed by atoms with E-state index in [1.165, 1.54) is 0 Å². The van der Waals surface area contributed by atoms with E-state index in [1.807, 2.05) is 24.3 Å². The van der Waals surface area contributed by atoms with Crippen LogP contribution in [0.3, 0.4) is 0 Å². The summed E-state index contributed by atoms with van der Waals surface area (Å²) < 4.78 is 11.6. The highest BCUT2D eigenvalue weighted by molar-refractivity contribution is 9.10. The first-order valence-electron chi connectivity index (χ1n) is 6.17. The first-order valence-corrected chi connectivity index (χ1v) is 6.96. The van der Waals surface area contributed by atoms with Crippen LogP contribution in [0.4, 0.5) is 0 Å². The number of oxime groups is 1. The second-order valence-corrected chi connectivity index (χ2v) is 5.16. The second kappa shape index (κ2) is 7.10. The molecule has 0 radical (unpaired) electrons. The van der Waals surface area contributed by atoms with E-state index in [0.717, 1.165) is 5.56 Å². The highest BCUT2D eigenvalue weighted by atomic mass is 79.9. The van der Waals surface area contributed by atoms with Crippen LogP contribution >= 0.6 is 15.9 Å². The number of ether oxygens (including phenoxy) is 2. The molecule has 0 fully saturated rings. The van der Waals surface area contributed by atoms with E-state index < -0.39 is 0 Å². The highest BCUT2D eigenvalue weighted by Crippen LogP contribution is 2.27. The first kappa shape index (κ1) is 15.3. The maximum absolute atomic E-state index is 8.70. The number of nitrogens with zero attached hydrogens (tertiary/aromatic N) is 1. The molecule has 0 saturated carbocycles. The molecule has 0 saturated heterocycles. The van der Waals surface area contributed by atoms with Crippen LogP contribution in [0, 0.1) is 0 Å². The summed E-state index contributed by atoms with van der Waals surface area (Å²) in [7, 11) is 1.65. The number of benzene rings is 2. The average Bonchev–Trinajstić information content (AvgIpc) is 2.47. The highest BCUT2D eigenvalue weighted by Gasteiger charge is 2.07. The summed E-state index contributed by atoms with van der Waals surface area (Å²) in [5.74, 6) is 1.40. The lowest BCUT2D eigenvalue weighted by molar-refractivity contribution is 0.184. The van der Waals surface area contributed by atoms with Crippen molar-refractivity contribution >= 4 is 21.8 Å². The standard InChI is InChI=1S/C15H15BrN2O3/c1-20-9-10-3-2-4-11(7-10)21-12-5-6-13(14(16)8-12)15(17)18-19/h2-8,19H,9H2,1H3,(H2,17,18). The van der Waals surface area contributed by atoms with Gasteiger partial charge in [0.15, 0.2) is 5.84 Å². The van der Waals surface area contributed by atoms with Gasteiger partial charge in [-0.15, -0.1) is 0 Å². The molecule has 0 aromatic heterocycles. The number of hydrogen-bond donors (Lipinski definition) is 2. The van der Waals surface area contributed by atoms with Gasteiger partial charge < -0.3 is 20.4 Å². The molecule has 0 atom stereocenters. The molecule has 2 rings (SSSR count). The quantitative estimate of drug-likeness (QED) is 0.374. The molecule has 2 aromatic rings. The predicted octanol–water partition coefficient (Wildman–Crippen LogP) is 3.48. The van der Waals surface area contributed by atoms with E-state index in [-0.39, 0.29) is 5.84 Å². The van der Waals surface area contributed by atoms with Gasteiger partial charge in [-0.2, -0.15) is 0 Å². The number of rotatable bonds is 5. The Morgan fingerprint density at radius 1 is 1.24 bits per heavy atom. The van der Waals surface area contributed by atoms with Gasteiger partial charge in [-0.3, -0.25) is 0 Å². The lowest BCUT2D eigenvalue weighted by Gasteiger charge is -2.09. The summed E-state index contributed by atoms with van der Waals surface area (Å²) in [4.78, 5) is 0. The monoisotopic (exact) mass is 350 g/mol. The van der Waals surface area contributed by atoms with Crippen LogP contribution in [-0.4, -0.2) is 18.2 Å². The SMILES string of the molecule is COCc1cccc(Oc2ccc(/C(N)=N/O)c(Br)c2)c1. The molecular formula is C15H15BrN2O3. The van der Waals surface area contributed by atoms with Crippen molar-refractivity contribution in [1.82, 2.24) is 0 Å². The molecule has 0 aliphatic heterocycles. The minimum Gasteiger partial charge on any atom is -0.457 e. The van der Waals surface area contributed by atoms with E-state index in [2.05, 4.69) is 21.1 Å². The fraction of sp³-hybridized carbons (Fsp3) is 0.133. The molecule has 0 amide bonds. The molecule has 0 aliphatic rings. The van der Waals surface area contributed by atoms with Crippen molar-refractivity contribution in [2.24, 2.45) is 10.9 Å². The molecular weight excluding hydrogens is 336 g/mol. The Kier molecular flexibility index (Phi) is 5.19. The van der Waals surface area contributed by atoms with Crippen LogP contribution < -0.4 is 10.5 Å². The van der Waals surface area contributed by atoms with Crippen LogP contribution in [-0.2, 0) is 11.3 Å². The zero-order valence-corrected chi connectivity index (χ0v) is 13.0. The molecule has 6 heteroatoms. The maximum atomic E-state index is 8.70. The Morgan fingerprint density at radius 3 is 2.67 bits per heavy atom. The van der Waals surface area contributed by atoms with Gasteiger partial charge in [-0.1, -0.05) is 17.3 Å². The molecule has 21 heavy (non-hydrogen) atoms. The van der Waals surface area contributed by atoms with Crippen molar-refractivity contribution in [2.45, 2.75) is 6.61 Å². The first-order chi connectivity index (χ1) is 10.1. The third-order valence-corrected chi connectivity index (χ3v) is 3.43. The van der Waals surface area contributed by atoms with Gasteiger partial charge in [0.1, 0.15) is 11.5 Å². The Hall–Kier alpha value is -2.05. The summed E-state index contributed by atoms with van der Waals surface area (Å²) in [6.07, 6.45) is 0. The molecule has 0 bridgehead atoms. The van der Waals surface area contributed by atoms with Gasteiger partial charge in [-0.05, 0) is 51.8 Å². The lowest BCUT2D eigenvalue weighted by atomic mass is 10.2. The Morgan fingerprint density at radius 2 is 2.00 bits per heavy atom. The molecule has 0 unspecified atom stereocenters. The predicted molar refractivity (Wildman–Crippen MR) is 83.9 cm³/mol. The van der Waals surface area contributed by atoms with Gasteiger partial charge in [0.25, 0.3) is 0 Å². The Balaban J connectivity index is 2.20. The van der Waals surface area contributed by atoms with E-state index in [9.17, 15) is 0 Å². The molecule has 110 valence electrons. The summed E-state index contributed by atoms with van der Waals surface area (Å²) in [5, 5.41) is 11.7. The van der Waals surface area contributed by atoms with Crippen molar-refractivity contribution in [3.05, 3.63) is 58.1 Å². The number of halogens is 1. The van der Waals surface area contributed by atoms with Gasteiger partial charge in [-0.25, -0.2) is 0 Å². The fourth-order valence-corrected chi connectivity index (χ4v) is 2.38. The molecule has 0 aliphatic carbocycles. The smallest absolute Gasteiger partial charge is 0.171 e. The van der Waals surface area contributed by atoms with Gasteiger partial charge in [0.2, 0.25) is 0 Å². The summed E-state index contributed by atoms with van der Waals surface area (Å²) in [6.45, 7) is 0.531. The van der Waals surface area contributed by atoms with Crippen LogP contribution in [0.1, 0.15) is 11.1 Å². The Bertz CT molecular complexity index is 659. The average molecular weight is 351 g/mol. The third-order valence-electron chi connectivity index (χ3n) is 2.77. The summed E-state index contributed by atoms with van der Waals surface area (Å²) in [6, 6.07) is 12.9. The number of nitrogens with two attached hydrogens (primary N) is 1.